The second kappa shape index (κ2) is 13.0. The van der Waals surface area contributed by atoms with Crippen LogP contribution in [0, 0.1) is 34.6 Å². The first-order chi connectivity index (χ1) is 21.6. The highest BCUT2D eigenvalue weighted by Gasteiger charge is 2.43. The molecule has 1 atom stereocenters. The van der Waals surface area contributed by atoms with Crippen LogP contribution < -0.4 is 10.6 Å². The minimum Gasteiger partial charge on any atom is -0.478 e. The normalized spacial score (nSPS) is 11.9. The molecule has 4 aromatic carbocycles. The molecule has 0 saturated carbocycles. The molecular formula is C36H33F3N2O5. The van der Waals surface area contributed by atoms with Crippen LogP contribution in [0.4, 0.5) is 18.9 Å². The highest BCUT2D eigenvalue weighted by atomic mass is 19.4. The summed E-state index contributed by atoms with van der Waals surface area (Å²) in [7, 11) is 1.45. The maximum atomic E-state index is 14.6. The summed E-state index contributed by atoms with van der Waals surface area (Å²) in [5, 5.41) is 14.9. The Morgan fingerprint density at radius 1 is 0.674 bits per heavy atom. The molecule has 3 N–H and O–H groups in total. The first kappa shape index (κ1) is 33.6. The van der Waals surface area contributed by atoms with Crippen LogP contribution in [0.25, 0.3) is 0 Å². The van der Waals surface area contributed by atoms with Crippen molar-refractivity contribution >= 4 is 29.3 Å². The van der Waals surface area contributed by atoms with Crippen molar-refractivity contribution in [1.29, 1.82) is 0 Å². The molecule has 0 fully saturated rings. The quantitative estimate of drug-likeness (QED) is 0.175. The van der Waals surface area contributed by atoms with Gasteiger partial charge in [0.1, 0.15) is 5.92 Å². The molecule has 0 aliphatic heterocycles. The maximum absolute atomic E-state index is 14.6. The van der Waals surface area contributed by atoms with Gasteiger partial charge in [-0.2, -0.15) is 13.2 Å². The summed E-state index contributed by atoms with van der Waals surface area (Å²) in [6, 6.07) is 15.3. The second-order valence-electron chi connectivity index (χ2n) is 11.2. The Labute approximate surface area is 264 Å². The number of hydrogen-bond donors (Lipinski definition) is 3. The molecule has 0 heterocycles. The number of carboxylic acids is 1. The monoisotopic (exact) mass is 630 g/mol. The Bertz CT molecular complexity index is 1900. The van der Waals surface area contributed by atoms with E-state index in [0.717, 1.165) is 23.3 Å². The Morgan fingerprint density at radius 2 is 1.26 bits per heavy atom. The van der Waals surface area contributed by atoms with Gasteiger partial charge in [0.25, 0.3) is 11.8 Å². The summed E-state index contributed by atoms with van der Waals surface area (Å²) in [5.41, 5.74) is 2.97. The predicted octanol–water partition coefficient (Wildman–Crippen LogP) is 7.46. The number of aromatic carboxylic acids is 1. The minimum atomic E-state index is -4.60. The number of amides is 2. The molecule has 238 valence electrons. The minimum absolute atomic E-state index is 0.00392. The van der Waals surface area contributed by atoms with Crippen LogP contribution in [0.3, 0.4) is 0 Å². The molecule has 4 aromatic rings. The molecule has 1 unspecified atom stereocenters. The lowest BCUT2D eigenvalue weighted by Gasteiger charge is -2.27. The molecule has 46 heavy (non-hydrogen) atoms. The molecule has 0 aliphatic rings. The van der Waals surface area contributed by atoms with Crippen molar-refractivity contribution in [2.24, 2.45) is 0 Å². The molecule has 2 amide bonds. The molecular weight excluding hydrogens is 597 g/mol. The van der Waals surface area contributed by atoms with Crippen molar-refractivity contribution in [3.8, 4) is 0 Å². The van der Waals surface area contributed by atoms with E-state index in [0.29, 0.717) is 16.7 Å². The largest absolute Gasteiger partial charge is 0.478 e. The van der Waals surface area contributed by atoms with Crippen molar-refractivity contribution in [3.63, 3.8) is 0 Å². The van der Waals surface area contributed by atoms with E-state index in [9.17, 15) is 37.5 Å². The number of benzene rings is 4. The SMILES string of the molecule is CNC(=O)c1cccc(C(=O)c2ccc(C(=O)O)c(C(=O)Nc3ccc(C(c4ccc(C)c(C)c4C)C(F)(F)F)c(C)c3C)c2)c1. The lowest BCUT2D eigenvalue weighted by atomic mass is 9.82. The van der Waals surface area contributed by atoms with Crippen LogP contribution in [0.15, 0.2) is 66.7 Å². The first-order valence-electron chi connectivity index (χ1n) is 14.4. The molecule has 7 nitrogen and oxygen atoms in total. The number of carbonyl (C=O) groups is 4. The zero-order chi connectivity index (χ0) is 34.1. The molecule has 0 radical (unpaired) electrons. The number of hydrogen-bond acceptors (Lipinski definition) is 4. The number of aryl methyl sites for hydroxylation is 1. The van der Waals surface area contributed by atoms with Crippen molar-refractivity contribution in [3.05, 3.63) is 133 Å². The number of carbonyl (C=O) groups excluding carboxylic acids is 3. The van der Waals surface area contributed by atoms with Crippen molar-refractivity contribution < 1.29 is 37.5 Å². The van der Waals surface area contributed by atoms with Crippen LogP contribution >= 0.6 is 0 Å². The van der Waals surface area contributed by atoms with E-state index in [-0.39, 0.29) is 44.6 Å². The summed E-state index contributed by atoms with van der Waals surface area (Å²) in [6.07, 6.45) is -4.60. The molecule has 0 aliphatic carbocycles. The Morgan fingerprint density at radius 3 is 1.87 bits per heavy atom. The molecule has 0 spiro atoms. The molecule has 4 rings (SSSR count). The van der Waals surface area contributed by atoms with Crippen LogP contribution in [0.1, 0.15) is 91.9 Å². The van der Waals surface area contributed by atoms with Gasteiger partial charge in [-0.25, -0.2) is 4.79 Å². The molecule has 0 saturated heterocycles. The number of anilines is 1. The summed E-state index contributed by atoms with van der Waals surface area (Å²) in [5.74, 6) is -5.13. The van der Waals surface area contributed by atoms with Gasteiger partial charge in [0, 0.05) is 29.4 Å². The molecule has 0 aromatic heterocycles. The average Bonchev–Trinajstić information content (AvgIpc) is 3.02. The number of nitrogens with one attached hydrogen (secondary N) is 2. The molecule has 0 bridgehead atoms. The van der Waals surface area contributed by atoms with Gasteiger partial charge in [-0.05, 0) is 104 Å². The third-order valence-corrected chi connectivity index (χ3v) is 8.50. The fraction of sp³-hybridized carbons (Fsp3) is 0.222. The van der Waals surface area contributed by atoms with Crippen LogP contribution in [-0.4, -0.2) is 41.9 Å². The third kappa shape index (κ3) is 6.56. The number of ketones is 1. The second-order valence-corrected chi connectivity index (χ2v) is 11.2. The Hall–Kier alpha value is -5.25. The first-order valence-corrected chi connectivity index (χ1v) is 14.4. The van der Waals surface area contributed by atoms with E-state index < -0.39 is 35.7 Å². The number of halogens is 3. The lowest BCUT2D eigenvalue weighted by Crippen LogP contribution is -2.25. The number of alkyl halides is 3. The van der Waals surface area contributed by atoms with E-state index in [2.05, 4.69) is 10.6 Å². The van der Waals surface area contributed by atoms with Crippen LogP contribution in [0.5, 0.6) is 0 Å². The topological polar surface area (TPSA) is 113 Å². The van der Waals surface area contributed by atoms with Crippen molar-refractivity contribution in [2.45, 2.75) is 46.7 Å². The Balaban J connectivity index is 1.72. The van der Waals surface area contributed by atoms with Crippen LogP contribution in [0.2, 0.25) is 0 Å². The van der Waals surface area contributed by atoms with Gasteiger partial charge in [-0.3, -0.25) is 14.4 Å². The van der Waals surface area contributed by atoms with Gasteiger partial charge in [0.15, 0.2) is 5.78 Å². The van der Waals surface area contributed by atoms with Gasteiger partial charge < -0.3 is 15.7 Å². The Kier molecular flexibility index (Phi) is 9.51. The lowest BCUT2D eigenvalue weighted by molar-refractivity contribution is -0.141. The summed E-state index contributed by atoms with van der Waals surface area (Å²) in [6.45, 7) is 8.42. The maximum Gasteiger partial charge on any atom is 0.399 e. The van der Waals surface area contributed by atoms with E-state index in [1.54, 1.807) is 33.8 Å². The smallest absolute Gasteiger partial charge is 0.399 e. The zero-order valence-electron chi connectivity index (χ0n) is 26.1. The van der Waals surface area contributed by atoms with Crippen molar-refractivity contribution in [2.75, 3.05) is 12.4 Å². The van der Waals surface area contributed by atoms with E-state index in [4.69, 9.17) is 0 Å². The van der Waals surface area contributed by atoms with E-state index in [1.807, 2.05) is 6.92 Å². The highest BCUT2D eigenvalue weighted by molar-refractivity contribution is 6.15. The summed E-state index contributed by atoms with van der Waals surface area (Å²) >= 11 is 0. The van der Waals surface area contributed by atoms with Gasteiger partial charge in [-0.1, -0.05) is 36.4 Å². The number of rotatable bonds is 8. The zero-order valence-corrected chi connectivity index (χ0v) is 26.1. The van der Waals surface area contributed by atoms with Crippen LogP contribution in [-0.2, 0) is 0 Å². The molecule has 10 heteroatoms. The van der Waals surface area contributed by atoms with E-state index in [1.165, 1.54) is 55.6 Å². The van der Waals surface area contributed by atoms with Gasteiger partial charge in [-0.15, -0.1) is 0 Å². The van der Waals surface area contributed by atoms with Gasteiger partial charge in [0.05, 0.1) is 11.1 Å². The highest BCUT2D eigenvalue weighted by Crippen LogP contribution is 2.44. The average molecular weight is 631 g/mol. The predicted molar refractivity (Wildman–Crippen MR) is 169 cm³/mol. The van der Waals surface area contributed by atoms with Gasteiger partial charge in [0.2, 0.25) is 0 Å². The fourth-order valence-electron chi connectivity index (χ4n) is 5.46. The van der Waals surface area contributed by atoms with Crippen molar-refractivity contribution in [1.82, 2.24) is 5.32 Å². The summed E-state index contributed by atoms with van der Waals surface area (Å²) in [4.78, 5) is 50.8. The summed E-state index contributed by atoms with van der Waals surface area (Å²) < 4.78 is 43.8. The third-order valence-electron chi connectivity index (χ3n) is 8.50. The number of carboxylic acid groups (broad SMARTS) is 1. The van der Waals surface area contributed by atoms with E-state index >= 15 is 0 Å². The van der Waals surface area contributed by atoms with Gasteiger partial charge >= 0.3 is 12.1 Å². The standard InChI is InChI=1S/C36H33F3N2O5/c1-18-10-12-26(20(3)19(18)2)31(36(37,38)39)27-14-15-30(22(5)21(27)4)41-34(44)29-17-24(11-13-28(29)35(45)46)32(42)23-8-7-9-25(16-23)33(43)40-6/h7-17,31H,1-6H3,(H,40,43)(H,41,44)(H,45,46). The fourth-order valence-corrected chi connectivity index (χ4v) is 5.46.